The van der Waals surface area contributed by atoms with Gasteiger partial charge in [-0.25, -0.2) is 0 Å². The Hall–Kier alpha value is -3.26. The van der Waals surface area contributed by atoms with Gasteiger partial charge in [-0.1, -0.05) is 12.1 Å². The smallest absolute Gasteiger partial charge is 0.249 e. The number of ether oxygens (including phenoxy) is 4. The Labute approximate surface area is 175 Å². The van der Waals surface area contributed by atoms with Crippen molar-refractivity contribution in [3.8, 4) is 17.2 Å². The van der Waals surface area contributed by atoms with Gasteiger partial charge in [-0.05, 0) is 29.8 Å². The van der Waals surface area contributed by atoms with E-state index < -0.39 is 6.04 Å². The Morgan fingerprint density at radius 1 is 1.10 bits per heavy atom. The summed E-state index contributed by atoms with van der Waals surface area (Å²) in [7, 11) is 4.72. The Balaban J connectivity index is 1.72. The maximum Gasteiger partial charge on any atom is 0.249 e. The number of rotatable bonds is 8. The van der Waals surface area contributed by atoms with Gasteiger partial charge in [0.05, 0.1) is 34.5 Å². The molecule has 1 saturated heterocycles. The number of hydrogen-bond donors (Lipinski definition) is 1. The van der Waals surface area contributed by atoms with E-state index in [1.807, 2.05) is 30.3 Å². The lowest BCUT2D eigenvalue weighted by Gasteiger charge is -2.34. The van der Waals surface area contributed by atoms with Crippen LogP contribution in [-0.2, 0) is 27.4 Å². The van der Waals surface area contributed by atoms with Crippen molar-refractivity contribution in [3.63, 3.8) is 0 Å². The van der Waals surface area contributed by atoms with Crippen molar-refractivity contribution >= 4 is 11.8 Å². The Kier molecular flexibility index (Phi) is 7.13. The molecule has 1 fully saturated rings. The van der Waals surface area contributed by atoms with Crippen LogP contribution in [0.1, 0.15) is 11.1 Å². The van der Waals surface area contributed by atoms with Crippen LogP contribution in [0.4, 0.5) is 0 Å². The Bertz CT molecular complexity index is 901. The number of benzene rings is 2. The topological polar surface area (TPSA) is 86.3 Å². The summed E-state index contributed by atoms with van der Waals surface area (Å²) in [5.74, 6) is 1.42. The zero-order valence-corrected chi connectivity index (χ0v) is 17.3. The molecule has 1 aliphatic rings. The molecule has 8 heteroatoms. The molecule has 8 nitrogen and oxygen atoms in total. The molecule has 30 heavy (non-hydrogen) atoms. The number of hydrogen-bond acceptors (Lipinski definition) is 6. The third-order valence-corrected chi connectivity index (χ3v) is 4.94. The molecule has 0 aliphatic carbocycles. The standard InChI is InChI=1S/C22H26N2O6/c1-27-17-6-4-5-15(9-17)11-23-22(26)19-13-30-14-21(25)24(19)12-16-7-8-18(28-2)10-20(16)29-3/h4-10,19H,11-14H2,1-3H3,(H,23,26)/t19-/m0/s1. The predicted molar refractivity (Wildman–Crippen MR) is 110 cm³/mol. The molecular weight excluding hydrogens is 388 g/mol. The highest BCUT2D eigenvalue weighted by atomic mass is 16.5. The maximum atomic E-state index is 12.9. The monoisotopic (exact) mass is 414 g/mol. The summed E-state index contributed by atoms with van der Waals surface area (Å²) in [5.41, 5.74) is 1.67. The van der Waals surface area contributed by atoms with Crippen molar-refractivity contribution in [3.05, 3.63) is 53.6 Å². The maximum absolute atomic E-state index is 12.9. The van der Waals surface area contributed by atoms with Crippen LogP contribution in [0.5, 0.6) is 17.2 Å². The van der Waals surface area contributed by atoms with Gasteiger partial charge >= 0.3 is 0 Å². The minimum atomic E-state index is -0.733. The first-order chi connectivity index (χ1) is 14.5. The molecule has 2 aromatic rings. The molecule has 0 aromatic heterocycles. The first kappa shape index (κ1) is 21.4. The van der Waals surface area contributed by atoms with E-state index in [0.717, 1.165) is 11.1 Å². The highest BCUT2D eigenvalue weighted by Gasteiger charge is 2.34. The highest BCUT2D eigenvalue weighted by molar-refractivity contribution is 5.89. The Morgan fingerprint density at radius 3 is 2.60 bits per heavy atom. The quantitative estimate of drug-likeness (QED) is 0.708. The number of carbonyl (C=O) groups excluding carboxylic acids is 2. The Morgan fingerprint density at radius 2 is 1.87 bits per heavy atom. The molecule has 2 amide bonds. The van der Waals surface area contributed by atoms with E-state index in [1.165, 1.54) is 4.90 Å². The normalized spacial score (nSPS) is 16.2. The average Bonchev–Trinajstić information content (AvgIpc) is 2.79. The molecule has 1 aliphatic heterocycles. The molecule has 2 aromatic carbocycles. The van der Waals surface area contributed by atoms with Crippen LogP contribution in [0, 0.1) is 0 Å². The second kappa shape index (κ2) is 9.98. The summed E-state index contributed by atoms with van der Waals surface area (Å²) in [5, 5.41) is 2.88. The van der Waals surface area contributed by atoms with Gasteiger partial charge in [-0.2, -0.15) is 0 Å². The third kappa shape index (κ3) is 5.01. The van der Waals surface area contributed by atoms with Crippen LogP contribution in [-0.4, -0.2) is 57.3 Å². The van der Waals surface area contributed by atoms with E-state index in [9.17, 15) is 9.59 Å². The van der Waals surface area contributed by atoms with E-state index in [-0.39, 0.29) is 31.6 Å². The first-order valence-corrected chi connectivity index (χ1v) is 9.54. The summed E-state index contributed by atoms with van der Waals surface area (Å²) >= 11 is 0. The molecule has 0 radical (unpaired) electrons. The van der Waals surface area contributed by atoms with Crippen LogP contribution >= 0.6 is 0 Å². The fourth-order valence-corrected chi connectivity index (χ4v) is 3.28. The zero-order valence-electron chi connectivity index (χ0n) is 17.3. The van der Waals surface area contributed by atoms with Crippen molar-refractivity contribution in [2.24, 2.45) is 0 Å². The van der Waals surface area contributed by atoms with E-state index in [4.69, 9.17) is 18.9 Å². The second-order valence-corrected chi connectivity index (χ2v) is 6.80. The van der Waals surface area contributed by atoms with Crippen LogP contribution in [0.3, 0.4) is 0 Å². The van der Waals surface area contributed by atoms with Gasteiger partial charge in [-0.3, -0.25) is 9.59 Å². The van der Waals surface area contributed by atoms with Crippen molar-refractivity contribution in [1.82, 2.24) is 10.2 Å². The van der Waals surface area contributed by atoms with Crippen LogP contribution in [0.15, 0.2) is 42.5 Å². The minimum absolute atomic E-state index is 0.0574. The number of carbonyl (C=O) groups is 2. The minimum Gasteiger partial charge on any atom is -0.497 e. The van der Waals surface area contributed by atoms with E-state index in [2.05, 4.69) is 5.32 Å². The predicted octanol–water partition coefficient (Wildman–Crippen LogP) is 1.76. The number of methoxy groups -OCH3 is 3. The number of morpholine rings is 1. The van der Waals surface area contributed by atoms with Crippen molar-refractivity contribution in [2.45, 2.75) is 19.1 Å². The van der Waals surface area contributed by atoms with E-state index in [1.54, 1.807) is 33.5 Å². The van der Waals surface area contributed by atoms with Crippen LogP contribution < -0.4 is 19.5 Å². The van der Waals surface area contributed by atoms with Gasteiger partial charge in [-0.15, -0.1) is 0 Å². The fourth-order valence-electron chi connectivity index (χ4n) is 3.28. The molecule has 0 spiro atoms. The van der Waals surface area contributed by atoms with Gasteiger partial charge in [0.15, 0.2) is 0 Å². The molecule has 1 N–H and O–H groups in total. The molecular formula is C22H26N2O6. The number of nitrogens with one attached hydrogen (secondary N) is 1. The third-order valence-electron chi connectivity index (χ3n) is 4.94. The molecule has 3 rings (SSSR count). The molecule has 0 bridgehead atoms. The summed E-state index contributed by atoms with van der Waals surface area (Å²) in [4.78, 5) is 26.9. The molecule has 0 unspecified atom stereocenters. The summed E-state index contributed by atoms with van der Waals surface area (Å²) in [6.07, 6.45) is 0. The molecule has 1 heterocycles. The molecule has 1 atom stereocenters. The van der Waals surface area contributed by atoms with Crippen molar-refractivity contribution in [1.29, 1.82) is 0 Å². The number of amides is 2. The lowest BCUT2D eigenvalue weighted by Crippen LogP contribution is -2.55. The summed E-state index contributed by atoms with van der Waals surface area (Å²) in [6.45, 7) is 0.624. The fraction of sp³-hybridized carbons (Fsp3) is 0.364. The lowest BCUT2D eigenvalue weighted by molar-refractivity contribution is -0.155. The van der Waals surface area contributed by atoms with E-state index in [0.29, 0.717) is 23.8 Å². The van der Waals surface area contributed by atoms with Gasteiger partial charge in [0, 0.05) is 18.2 Å². The molecule has 0 saturated carbocycles. The van der Waals surface area contributed by atoms with Gasteiger partial charge in [0.1, 0.15) is 29.9 Å². The van der Waals surface area contributed by atoms with E-state index >= 15 is 0 Å². The average molecular weight is 414 g/mol. The van der Waals surface area contributed by atoms with Crippen LogP contribution in [0.25, 0.3) is 0 Å². The van der Waals surface area contributed by atoms with Crippen molar-refractivity contribution in [2.75, 3.05) is 34.5 Å². The molecule has 160 valence electrons. The summed E-state index contributed by atoms with van der Waals surface area (Å²) in [6, 6.07) is 12.1. The highest BCUT2D eigenvalue weighted by Crippen LogP contribution is 2.27. The number of nitrogens with zero attached hydrogens (tertiary/aromatic N) is 1. The zero-order chi connectivity index (χ0) is 21.5. The lowest BCUT2D eigenvalue weighted by atomic mass is 10.1. The largest absolute Gasteiger partial charge is 0.497 e. The van der Waals surface area contributed by atoms with Gasteiger partial charge in [0.2, 0.25) is 11.8 Å². The first-order valence-electron chi connectivity index (χ1n) is 9.54. The van der Waals surface area contributed by atoms with Gasteiger partial charge in [0.25, 0.3) is 0 Å². The van der Waals surface area contributed by atoms with Crippen molar-refractivity contribution < 1.29 is 28.5 Å². The summed E-state index contributed by atoms with van der Waals surface area (Å²) < 4.78 is 21.2. The SMILES string of the molecule is COc1cccc(CNC(=O)[C@@H]2COCC(=O)N2Cc2ccc(OC)cc2OC)c1. The van der Waals surface area contributed by atoms with Gasteiger partial charge < -0.3 is 29.2 Å². The van der Waals surface area contributed by atoms with Crippen LogP contribution in [0.2, 0.25) is 0 Å². The second-order valence-electron chi connectivity index (χ2n) is 6.80.